The lowest BCUT2D eigenvalue weighted by molar-refractivity contribution is 0.0933. The van der Waals surface area contributed by atoms with Crippen molar-refractivity contribution in [3.05, 3.63) is 120 Å². The Morgan fingerprint density at radius 2 is 1.44 bits per heavy atom. The van der Waals surface area contributed by atoms with E-state index in [0.717, 1.165) is 0 Å². The van der Waals surface area contributed by atoms with Crippen LogP contribution in [0.1, 0.15) is 39.3 Å². The predicted octanol–water partition coefficient (Wildman–Crippen LogP) is 5.31. The first-order valence-corrected chi connectivity index (χ1v) is 13.2. The molecule has 1 atom stereocenters. The number of rotatable bonds is 10. The van der Waals surface area contributed by atoms with Crippen LogP contribution < -0.4 is 20.1 Å². The summed E-state index contributed by atoms with van der Waals surface area (Å²) < 4.78 is 25.3. The average Bonchev–Trinajstić information content (AvgIpc) is 2.98. The fourth-order valence-electron chi connectivity index (χ4n) is 4.06. The highest BCUT2D eigenvalue weighted by atomic mass is 19.1. The molecule has 5 aromatic heterocycles. The second kappa shape index (κ2) is 13.3. The second-order valence-electron chi connectivity index (χ2n) is 9.47. The molecule has 43 heavy (non-hydrogen) atoms. The molecule has 5 rings (SSSR count). The molecule has 0 aliphatic carbocycles. The van der Waals surface area contributed by atoms with E-state index in [1.165, 1.54) is 30.5 Å². The largest absolute Gasteiger partial charge is 0.456 e. The number of carbonyl (C=O) groups excluding carboxylic acids is 2. The van der Waals surface area contributed by atoms with Crippen molar-refractivity contribution in [2.45, 2.75) is 26.3 Å². The van der Waals surface area contributed by atoms with Gasteiger partial charge in [0.2, 0.25) is 5.95 Å². The van der Waals surface area contributed by atoms with Crippen LogP contribution in [0.25, 0.3) is 0 Å². The number of anilines is 1. The molecule has 0 saturated heterocycles. The minimum Gasteiger partial charge on any atom is -0.456 e. The van der Waals surface area contributed by atoms with Crippen molar-refractivity contribution in [3.63, 3.8) is 0 Å². The van der Waals surface area contributed by atoms with E-state index in [2.05, 4.69) is 35.6 Å². The number of hydrogen-bond donors (Lipinski definition) is 2. The summed E-state index contributed by atoms with van der Waals surface area (Å²) in [6.45, 7) is 3.56. The molecule has 0 aliphatic heterocycles. The fraction of sp³-hybridized carbons (Fsp3) is 0.129. The Bertz CT molecular complexity index is 1740. The lowest BCUT2D eigenvalue weighted by Gasteiger charge is -2.16. The molecule has 0 spiro atoms. The van der Waals surface area contributed by atoms with E-state index in [1.54, 1.807) is 74.9 Å². The van der Waals surface area contributed by atoms with Gasteiger partial charge in [0.15, 0.2) is 0 Å². The van der Waals surface area contributed by atoms with Crippen LogP contribution in [0.3, 0.4) is 0 Å². The van der Waals surface area contributed by atoms with E-state index in [4.69, 9.17) is 9.47 Å². The number of aryl methyl sites for hydroxylation is 1. The molecule has 216 valence electrons. The van der Waals surface area contributed by atoms with E-state index in [9.17, 15) is 14.0 Å². The first kappa shape index (κ1) is 28.7. The maximum absolute atomic E-state index is 13.6. The summed E-state index contributed by atoms with van der Waals surface area (Å²) in [4.78, 5) is 46.7. The van der Waals surface area contributed by atoms with Gasteiger partial charge in [-0.2, -0.15) is 4.39 Å². The molecule has 0 saturated carbocycles. The third-order valence-corrected chi connectivity index (χ3v) is 5.83. The maximum Gasteiger partial charge on any atom is 0.275 e. The van der Waals surface area contributed by atoms with Crippen molar-refractivity contribution in [2.75, 3.05) is 5.32 Å². The summed E-state index contributed by atoms with van der Waals surface area (Å²) in [6, 6.07) is 17.0. The van der Waals surface area contributed by atoms with Gasteiger partial charge in [-0.15, -0.1) is 0 Å². The summed E-state index contributed by atoms with van der Waals surface area (Å²) in [7, 11) is 0. The van der Waals surface area contributed by atoms with Crippen LogP contribution in [0, 0.1) is 12.9 Å². The van der Waals surface area contributed by atoms with Gasteiger partial charge in [0.1, 0.15) is 40.2 Å². The van der Waals surface area contributed by atoms with Crippen molar-refractivity contribution in [2.24, 2.45) is 0 Å². The molecular formula is C31H26FN7O4. The van der Waals surface area contributed by atoms with E-state index in [0.29, 0.717) is 34.4 Å². The highest BCUT2D eigenvalue weighted by molar-refractivity contribution is 6.02. The smallest absolute Gasteiger partial charge is 0.275 e. The topological polar surface area (TPSA) is 141 Å². The van der Waals surface area contributed by atoms with Gasteiger partial charge in [0, 0.05) is 60.5 Å². The van der Waals surface area contributed by atoms with Crippen molar-refractivity contribution in [1.29, 1.82) is 0 Å². The van der Waals surface area contributed by atoms with Crippen molar-refractivity contribution >= 4 is 17.6 Å². The highest BCUT2D eigenvalue weighted by Crippen LogP contribution is 2.24. The minimum atomic E-state index is -0.733. The quantitative estimate of drug-likeness (QED) is 0.211. The molecule has 0 fully saturated rings. The van der Waals surface area contributed by atoms with Crippen LogP contribution in [0.5, 0.6) is 23.0 Å². The minimum absolute atomic E-state index is 0.0125. The lowest BCUT2D eigenvalue weighted by atomic mass is 10.1. The van der Waals surface area contributed by atoms with Gasteiger partial charge in [-0.25, -0.2) is 15.0 Å². The van der Waals surface area contributed by atoms with Gasteiger partial charge in [0.25, 0.3) is 11.8 Å². The number of ether oxygens (including phenoxy) is 2. The average molecular weight is 580 g/mol. The molecular weight excluding hydrogens is 553 g/mol. The zero-order chi connectivity index (χ0) is 30.2. The number of amides is 2. The van der Waals surface area contributed by atoms with Gasteiger partial charge < -0.3 is 20.1 Å². The Labute approximate surface area is 246 Å². The first-order valence-electron chi connectivity index (χ1n) is 13.2. The lowest BCUT2D eigenvalue weighted by Crippen LogP contribution is -2.35. The van der Waals surface area contributed by atoms with Gasteiger partial charge in [-0.3, -0.25) is 19.6 Å². The second-order valence-corrected chi connectivity index (χ2v) is 9.47. The molecule has 2 N–H and O–H groups in total. The number of nitrogens with one attached hydrogen (secondary N) is 2. The Morgan fingerprint density at radius 3 is 2.07 bits per heavy atom. The first-order chi connectivity index (χ1) is 20.8. The van der Waals surface area contributed by atoms with Crippen molar-refractivity contribution in [1.82, 2.24) is 30.2 Å². The van der Waals surface area contributed by atoms with Crippen LogP contribution in [0.2, 0.25) is 0 Å². The molecule has 0 radical (unpaired) electrons. The van der Waals surface area contributed by atoms with Gasteiger partial charge in [0.05, 0.1) is 12.4 Å². The molecule has 0 bridgehead atoms. The Hall–Kier alpha value is -5.78. The Balaban J connectivity index is 1.33. The normalized spacial score (nSPS) is 11.3. The van der Waals surface area contributed by atoms with Crippen LogP contribution in [0.4, 0.5) is 10.2 Å². The van der Waals surface area contributed by atoms with E-state index in [1.807, 2.05) is 0 Å². The monoisotopic (exact) mass is 579 g/mol. The van der Waals surface area contributed by atoms with Gasteiger partial charge >= 0.3 is 0 Å². The van der Waals surface area contributed by atoms with Gasteiger partial charge in [-0.1, -0.05) is 6.07 Å². The Kier molecular flexibility index (Phi) is 8.86. The van der Waals surface area contributed by atoms with Crippen LogP contribution in [0.15, 0.2) is 91.5 Å². The zero-order valence-corrected chi connectivity index (χ0v) is 23.2. The van der Waals surface area contributed by atoms with Crippen LogP contribution >= 0.6 is 0 Å². The summed E-state index contributed by atoms with van der Waals surface area (Å²) in [6.07, 6.45) is 6.59. The van der Waals surface area contributed by atoms with Crippen molar-refractivity contribution < 1.29 is 23.5 Å². The standard InChI is InChI=1S/C31H26FN7O4/c1-19(36-30(40)26-15-24(13-20(2)35-26)42-22-6-4-10-33-17-22)12-21-14-25(43-23-7-5-11-34-18-23)16-27(37-21)31(41)39-29-9-3-8-28(32)38-29/h3-11,13-19H,12H2,1-2H3,(H,36,40)(H,38,39,41). The van der Waals surface area contributed by atoms with Crippen LogP contribution in [-0.4, -0.2) is 42.8 Å². The highest BCUT2D eigenvalue weighted by Gasteiger charge is 2.18. The van der Waals surface area contributed by atoms with E-state index < -0.39 is 23.8 Å². The Morgan fingerprint density at radius 1 is 0.791 bits per heavy atom. The summed E-state index contributed by atoms with van der Waals surface area (Å²) in [5.74, 6) is 0.0286. The fourth-order valence-corrected chi connectivity index (χ4v) is 4.06. The third kappa shape index (κ3) is 8.13. The predicted molar refractivity (Wildman–Crippen MR) is 155 cm³/mol. The molecule has 5 aromatic rings. The zero-order valence-electron chi connectivity index (χ0n) is 23.2. The van der Waals surface area contributed by atoms with Crippen LogP contribution in [-0.2, 0) is 6.42 Å². The van der Waals surface area contributed by atoms with E-state index in [-0.39, 0.29) is 23.6 Å². The van der Waals surface area contributed by atoms with Crippen molar-refractivity contribution in [3.8, 4) is 23.0 Å². The number of nitrogens with zero attached hydrogens (tertiary/aromatic N) is 5. The molecule has 0 aliphatic rings. The molecule has 1 unspecified atom stereocenters. The molecule has 0 aromatic carbocycles. The molecule has 5 heterocycles. The SMILES string of the molecule is Cc1cc(Oc2cccnc2)cc(C(=O)NC(C)Cc2cc(Oc3cccnc3)cc(C(=O)Nc3cccc(F)n3)n2)n1. The number of pyridine rings is 5. The van der Waals surface area contributed by atoms with Gasteiger partial charge in [-0.05, 0) is 50.2 Å². The summed E-state index contributed by atoms with van der Waals surface area (Å²) in [5, 5.41) is 5.45. The number of aromatic nitrogens is 5. The molecule has 12 heteroatoms. The summed E-state index contributed by atoms with van der Waals surface area (Å²) >= 11 is 0. The summed E-state index contributed by atoms with van der Waals surface area (Å²) in [5.41, 5.74) is 1.25. The molecule has 11 nitrogen and oxygen atoms in total. The van der Waals surface area contributed by atoms with E-state index >= 15 is 0 Å². The maximum atomic E-state index is 13.6. The molecule has 2 amide bonds. The third-order valence-electron chi connectivity index (χ3n) is 5.83. The number of hydrogen-bond acceptors (Lipinski definition) is 9. The number of carbonyl (C=O) groups is 2. The number of halogens is 1.